The van der Waals surface area contributed by atoms with Crippen LogP contribution in [-0.2, 0) is 17.4 Å². The van der Waals surface area contributed by atoms with Crippen LogP contribution < -0.4 is 0 Å². The zero-order valence-electron chi connectivity index (χ0n) is 14.2. The summed E-state index contributed by atoms with van der Waals surface area (Å²) >= 11 is 0. The summed E-state index contributed by atoms with van der Waals surface area (Å²) in [7, 11) is 0. The zero-order valence-corrected chi connectivity index (χ0v) is 13.2. The molecule has 2 nitrogen and oxygen atoms in total. The fourth-order valence-corrected chi connectivity index (χ4v) is 3.63. The third-order valence-electron chi connectivity index (χ3n) is 4.94. The van der Waals surface area contributed by atoms with Crippen molar-refractivity contribution in [3.05, 3.63) is 34.9 Å². The normalized spacial score (nSPS) is 29.0. The van der Waals surface area contributed by atoms with Crippen molar-refractivity contribution in [3.8, 4) is 0 Å². The smallest absolute Gasteiger partial charge is 0.299 e. The summed E-state index contributed by atoms with van der Waals surface area (Å²) in [4.78, 5) is 14.6. The van der Waals surface area contributed by atoms with Crippen LogP contribution in [-0.4, -0.2) is 23.8 Å². The summed E-state index contributed by atoms with van der Waals surface area (Å²) < 4.78 is 47.2. The van der Waals surface area contributed by atoms with E-state index in [2.05, 4.69) is 4.90 Å². The molecule has 2 atom stereocenters. The molecule has 0 radical (unpaired) electrons. The molecule has 1 fully saturated rings. The van der Waals surface area contributed by atoms with Crippen LogP contribution in [0.25, 0.3) is 0 Å². The van der Waals surface area contributed by atoms with Crippen molar-refractivity contribution in [2.45, 2.75) is 51.2 Å². The van der Waals surface area contributed by atoms with E-state index in [-0.39, 0.29) is 18.2 Å². The molecule has 0 spiro atoms. The molecule has 2 aliphatic heterocycles. The highest BCUT2D eigenvalue weighted by Gasteiger charge is 2.39. The molecule has 0 bridgehead atoms. The van der Waals surface area contributed by atoms with Crippen LogP contribution in [0.15, 0.2) is 18.2 Å². The van der Waals surface area contributed by atoms with Crippen molar-refractivity contribution < 1.29 is 19.3 Å². The molecule has 3 rings (SSSR count). The van der Waals surface area contributed by atoms with Crippen molar-refractivity contribution in [2.24, 2.45) is 5.89 Å². The summed E-state index contributed by atoms with van der Waals surface area (Å²) in [6.07, 6.45) is -1.23. The Kier molecular flexibility index (Phi) is 4.14. The monoisotopic (exact) mass is 326 g/mol. The molecule has 1 aromatic carbocycles. The van der Waals surface area contributed by atoms with Gasteiger partial charge in [-0.2, -0.15) is 13.2 Å². The van der Waals surface area contributed by atoms with Crippen LogP contribution in [0.3, 0.4) is 0 Å². The molecule has 2 heterocycles. The highest BCUT2D eigenvalue weighted by Crippen LogP contribution is 2.40. The molecule has 0 N–H and O–H groups in total. The number of halogens is 3. The Bertz CT molecular complexity index is 646. The fraction of sp³-hybridized carbons (Fsp3) is 0.611. The van der Waals surface area contributed by atoms with E-state index in [1.54, 1.807) is 0 Å². The van der Waals surface area contributed by atoms with Gasteiger partial charge in [-0.05, 0) is 36.1 Å². The predicted molar refractivity (Wildman–Crippen MR) is 82.1 cm³/mol. The van der Waals surface area contributed by atoms with Gasteiger partial charge in [0.15, 0.2) is 0 Å². The number of ketones is 1. The van der Waals surface area contributed by atoms with Gasteiger partial charge >= 0.3 is 6.18 Å². The number of Topliss-reactive ketones (excluding diaryl/α,β-unsaturated/α-hetero) is 1. The molecular formula is C18H22F3NO. The number of hydrogen-bond acceptors (Lipinski definition) is 2. The topological polar surface area (TPSA) is 20.3 Å². The highest BCUT2D eigenvalue weighted by molar-refractivity contribution is 5.83. The average Bonchev–Trinajstić information content (AvgIpc) is 2.53. The van der Waals surface area contributed by atoms with E-state index in [9.17, 15) is 18.0 Å². The molecule has 5 heteroatoms. The van der Waals surface area contributed by atoms with E-state index in [1.807, 2.05) is 6.92 Å². The third-order valence-corrected chi connectivity index (χ3v) is 4.94. The van der Waals surface area contributed by atoms with Gasteiger partial charge in [-0.15, -0.1) is 0 Å². The fourth-order valence-electron chi connectivity index (χ4n) is 3.63. The molecule has 0 amide bonds. The molecule has 0 aliphatic carbocycles. The number of hydrogen-bond donors (Lipinski definition) is 0. The SMILES string of the molecule is [2H][C@@]1(CCCC)CN2CCc3cc(C(F)(F)F)ccc3[C@@H]2CC1=O. The molecule has 1 aromatic rings. The number of alkyl halides is 3. The second kappa shape index (κ2) is 6.27. The molecule has 126 valence electrons. The third kappa shape index (κ3) is 3.30. The van der Waals surface area contributed by atoms with E-state index in [0.29, 0.717) is 31.5 Å². The summed E-state index contributed by atoms with van der Waals surface area (Å²) in [5.74, 6) is -1.14. The number of piperidine rings is 1. The van der Waals surface area contributed by atoms with Gasteiger partial charge in [0.2, 0.25) is 0 Å². The maximum absolute atomic E-state index is 12.9. The maximum atomic E-state index is 12.9. The highest BCUT2D eigenvalue weighted by atomic mass is 19.4. The number of nitrogens with zero attached hydrogens (tertiary/aromatic N) is 1. The molecule has 0 aromatic heterocycles. The standard InChI is InChI=1S/C18H22F3NO/c1-2-3-4-13-11-22-8-7-12-9-14(18(19,20)21)5-6-15(12)16(22)10-17(13)23/h5-6,9,13,16H,2-4,7-8,10-11H2,1H3/t13-,16+/m1/s1/i13D. The summed E-state index contributed by atoms with van der Waals surface area (Å²) in [5.41, 5.74) is 0.875. The van der Waals surface area contributed by atoms with Gasteiger partial charge in [0.1, 0.15) is 5.78 Å². The number of unbranched alkanes of at least 4 members (excludes halogenated alkanes) is 1. The van der Waals surface area contributed by atoms with E-state index in [1.165, 1.54) is 12.1 Å². The van der Waals surface area contributed by atoms with Crippen LogP contribution in [0, 0.1) is 5.89 Å². The van der Waals surface area contributed by atoms with Crippen molar-refractivity contribution >= 4 is 5.78 Å². The van der Waals surface area contributed by atoms with E-state index in [0.717, 1.165) is 24.5 Å². The lowest BCUT2D eigenvalue weighted by atomic mass is 9.81. The van der Waals surface area contributed by atoms with E-state index < -0.39 is 17.6 Å². The second-order valence-corrected chi connectivity index (χ2v) is 6.48. The lowest BCUT2D eigenvalue weighted by Gasteiger charge is -2.43. The second-order valence-electron chi connectivity index (χ2n) is 6.48. The molecule has 0 saturated carbocycles. The number of benzene rings is 1. The lowest BCUT2D eigenvalue weighted by Crippen LogP contribution is -2.46. The van der Waals surface area contributed by atoms with Gasteiger partial charge in [0, 0.05) is 32.8 Å². The van der Waals surface area contributed by atoms with Crippen LogP contribution >= 0.6 is 0 Å². The summed E-state index contributed by atoms with van der Waals surface area (Å²) in [6.45, 7) is 3.03. The lowest BCUT2D eigenvalue weighted by molar-refractivity contribution is -0.137. The predicted octanol–water partition coefficient (Wildman–Crippen LogP) is 4.38. The Morgan fingerprint density at radius 1 is 1.39 bits per heavy atom. The van der Waals surface area contributed by atoms with Crippen molar-refractivity contribution in [1.29, 1.82) is 0 Å². The first kappa shape index (κ1) is 15.2. The van der Waals surface area contributed by atoms with Gasteiger partial charge in [0.05, 0.1) is 5.56 Å². The first-order valence-corrected chi connectivity index (χ1v) is 8.22. The van der Waals surface area contributed by atoms with Crippen LogP contribution in [0.5, 0.6) is 0 Å². The Hall–Kier alpha value is -1.36. The van der Waals surface area contributed by atoms with Gasteiger partial charge in [-0.25, -0.2) is 0 Å². The molecule has 0 unspecified atom stereocenters. The van der Waals surface area contributed by atoms with E-state index >= 15 is 0 Å². The minimum atomic E-state index is -4.34. The van der Waals surface area contributed by atoms with Crippen LogP contribution in [0.1, 0.15) is 56.7 Å². The van der Waals surface area contributed by atoms with Crippen molar-refractivity contribution in [2.75, 3.05) is 13.1 Å². The van der Waals surface area contributed by atoms with Gasteiger partial charge in [-0.3, -0.25) is 9.69 Å². The van der Waals surface area contributed by atoms with Gasteiger partial charge < -0.3 is 0 Å². The van der Waals surface area contributed by atoms with Crippen molar-refractivity contribution in [1.82, 2.24) is 4.90 Å². The van der Waals surface area contributed by atoms with Crippen LogP contribution in [0.4, 0.5) is 13.2 Å². The number of fused-ring (bicyclic) bond motifs is 3. The largest absolute Gasteiger partial charge is 0.416 e. The minimum absolute atomic E-state index is 0.0788. The average molecular weight is 326 g/mol. The first-order valence-electron chi connectivity index (χ1n) is 8.72. The van der Waals surface area contributed by atoms with Crippen molar-refractivity contribution in [3.63, 3.8) is 0 Å². The minimum Gasteiger partial charge on any atom is -0.299 e. The summed E-state index contributed by atoms with van der Waals surface area (Å²) in [5, 5.41) is 0. The first-order chi connectivity index (χ1) is 11.2. The van der Waals surface area contributed by atoms with Gasteiger partial charge in [-0.1, -0.05) is 25.8 Å². The quantitative estimate of drug-likeness (QED) is 0.821. The number of carbonyl (C=O) groups excluding carboxylic acids is 1. The molecule has 1 saturated heterocycles. The van der Waals surface area contributed by atoms with Crippen LogP contribution in [0.2, 0.25) is 0 Å². The van der Waals surface area contributed by atoms with Gasteiger partial charge in [0.25, 0.3) is 0 Å². The number of carbonyl (C=O) groups is 1. The Morgan fingerprint density at radius 2 is 2.17 bits per heavy atom. The Labute approximate surface area is 136 Å². The summed E-state index contributed by atoms with van der Waals surface area (Å²) in [6, 6.07) is 3.66. The zero-order chi connectivity index (χ0) is 17.5. The maximum Gasteiger partial charge on any atom is 0.416 e. The van der Waals surface area contributed by atoms with E-state index in [4.69, 9.17) is 1.37 Å². The Morgan fingerprint density at radius 3 is 2.87 bits per heavy atom. The molecule has 23 heavy (non-hydrogen) atoms. The number of rotatable bonds is 3. The molecule has 2 aliphatic rings. The Balaban J connectivity index is 1.86. The molecular weight excluding hydrogens is 303 g/mol.